The van der Waals surface area contributed by atoms with Gasteiger partial charge in [-0.25, -0.2) is 0 Å². The van der Waals surface area contributed by atoms with E-state index in [0.717, 1.165) is 0 Å². The van der Waals surface area contributed by atoms with Gasteiger partial charge in [0.1, 0.15) is 0 Å². The Labute approximate surface area is 90.6 Å². The topological polar surface area (TPSA) is 17.1 Å². The number of aldehydes is 1. The van der Waals surface area contributed by atoms with Crippen LogP contribution in [-0.2, 0) is 4.79 Å². The van der Waals surface area contributed by atoms with Crippen molar-refractivity contribution in [2.45, 2.75) is 0 Å². The molecule has 0 aromatic heterocycles. The number of rotatable bonds is 0. The first-order chi connectivity index (χ1) is 6.15. The van der Waals surface area contributed by atoms with Gasteiger partial charge >= 0.3 is 0 Å². The second-order valence-electron chi connectivity index (χ2n) is 2.14. The lowest BCUT2D eigenvalue weighted by Crippen LogP contribution is -1.78. The maximum atomic E-state index is 9.95. The van der Waals surface area contributed by atoms with Crippen molar-refractivity contribution in [1.82, 2.24) is 0 Å². The molecule has 13 heavy (non-hydrogen) atoms. The van der Waals surface area contributed by atoms with Crippen LogP contribution in [0.25, 0.3) is 0 Å². The van der Waals surface area contributed by atoms with Gasteiger partial charge in [-0.2, -0.15) is 0 Å². The average molecular weight is 233 g/mol. The summed E-state index contributed by atoms with van der Waals surface area (Å²) in [4.78, 5) is 9.95. The van der Waals surface area contributed by atoms with Crippen LogP contribution in [0.5, 0.6) is 0 Å². The van der Waals surface area contributed by atoms with E-state index in [1.807, 2.05) is 0 Å². The zero-order valence-electron chi connectivity index (χ0n) is 6.27. The zero-order chi connectivity index (χ0) is 9.84. The molecule has 1 rings (SSSR count). The molecule has 0 aliphatic carbocycles. The monoisotopic (exact) mass is 232 g/mol. The van der Waals surface area contributed by atoms with Crippen LogP contribution in [-0.4, -0.2) is 6.29 Å². The van der Waals surface area contributed by atoms with E-state index in [1.165, 1.54) is 0 Å². The Balaban J connectivity index is 3.20. The minimum absolute atomic E-state index is 0.292. The van der Waals surface area contributed by atoms with Gasteiger partial charge in [-0.15, -0.1) is 0 Å². The number of halogens is 3. The predicted molar refractivity (Wildman–Crippen MR) is 54.4 cm³/mol. The summed E-state index contributed by atoms with van der Waals surface area (Å²) < 4.78 is 0. The Morgan fingerprint density at radius 2 is 1.69 bits per heavy atom. The van der Waals surface area contributed by atoms with E-state index in [0.29, 0.717) is 26.9 Å². The first kappa shape index (κ1) is 10.4. The third-order valence-corrected chi connectivity index (χ3v) is 2.46. The van der Waals surface area contributed by atoms with Crippen molar-refractivity contribution in [3.63, 3.8) is 0 Å². The number of benzene rings is 1. The molecular weight excluding hydrogens is 230 g/mol. The molecule has 0 heterocycles. The van der Waals surface area contributed by atoms with Crippen molar-refractivity contribution in [2.75, 3.05) is 0 Å². The fourth-order valence-electron chi connectivity index (χ4n) is 0.740. The molecule has 0 radical (unpaired) electrons. The first-order valence-corrected chi connectivity index (χ1v) is 4.38. The molecule has 66 valence electrons. The van der Waals surface area contributed by atoms with E-state index in [2.05, 4.69) is 11.8 Å². The molecule has 0 N–H and O–H groups in total. The lowest BCUT2D eigenvalue weighted by Gasteiger charge is -1.98. The third kappa shape index (κ3) is 2.63. The summed E-state index contributed by atoms with van der Waals surface area (Å²) in [6, 6.07) is 3.10. The summed E-state index contributed by atoms with van der Waals surface area (Å²) in [6.07, 6.45) is 0.496. The van der Waals surface area contributed by atoms with Crippen LogP contribution in [0.4, 0.5) is 0 Å². The average Bonchev–Trinajstić information content (AvgIpc) is 2.10. The molecule has 0 aliphatic rings. The number of hydrogen-bond acceptors (Lipinski definition) is 1. The van der Waals surface area contributed by atoms with Gasteiger partial charge in [0.2, 0.25) is 0 Å². The van der Waals surface area contributed by atoms with Crippen molar-refractivity contribution in [1.29, 1.82) is 0 Å². The number of carbonyl (C=O) groups is 1. The highest BCUT2D eigenvalue weighted by molar-refractivity contribution is 6.48. The quantitative estimate of drug-likeness (QED) is 0.382. The lowest BCUT2D eigenvalue weighted by molar-refractivity contribution is -0.103. The fourth-order valence-corrected chi connectivity index (χ4v) is 1.34. The molecule has 0 unspecified atom stereocenters. The smallest absolute Gasteiger partial charge is 0.193 e. The third-order valence-electron chi connectivity index (χ3n) is 1.26. The SMILES string of the molecule is O=CC#Cc1cc(Cl)c(Cl)c(Cl)c1. The van der Waals surface area contributed by atoms with E-state index >= 15 is 0 Å². The Morgan fingerprint density at radius 1 is 1.15 bits per heavy atom. The van der Waals surface area contributed by atoms with Gasteiger partial charge in [0.25, 0.3) is 0 Å². The molecule has 0 spiro atoms. The summed E-state index contributed by atoms with van der Waals surface area (Å²) in [6.45, 7) is 0. The molecule has 4 heteroatoms. The minimum atomic E-state index is 0.292. The van der Waals surface area contributed by atoms with Crippen molar-refractivity contribution < 1.29 is 4.79 Å². The van der Waals surface area contributed by atoms with Crippen LogP contribution in [0.3, 0.4) is 0 Å². The van der Waals surface area contributed by atoms with Gasteiger partial charge < -0.3 is 0 Å². The van der Waals surface area contributed by atoms with E-state index in [4.69, 9.17) is 34.8 Å². The summed E-state index contributed by atoms with van der Waals surface area (Å²) in [7, 11) is 0. The van der Waals surface area contributed by atoms with Crippen LogP contribution in [0, 0.1) is 11.8 Å². The second kappa shape index (κ2) is 4.53. The molecule has 1 aromatic rings. The maximum absolute atomic E-state index is 9.95. The van der Waals surface area contributed by atoms with Gasteiger partial charge in [-0.3, -0.25) is 4.79 Å². The molecule has 1 aromatic carbocycles. The highest BCUT2D eigenvalue weighted by Gasteiger charge is 2.03. The molecule has 0 bridgehead atoms. The standard InChI is InChI=1S/C9H3Cl3O/c10-7-4-6(2-1-3-13)5-8(11)9(7)12/h3-5H. The highest BCUT2D eigenvalue weighted by Crippen LogP contribution is 2.30. The van der Waals surface area contributed by atoms with Gasteiger partial charge in [0.05, 0.1) is 15.1 Å². The molecule has 1 nitrogen and oxygen atoms in total. The Hall–Kier alpha value is -0.680. The van der Waals surface area contributed by atoms with Crippen LogP contribution in [0.15, 0.2) is 12.1 Å². The summed E-state index contributed by atoms with van der Waals surface area (Å²) in [5.74, 6) is 4.81. The Morgan fingerprint density at radius 3 is 2.15 bits per heavy atom. The molecule has 0 amide bonds. The van der Waals surface area contributed by atoms with E-state index < -0.39 is 0 Å². The summed E-state index contributed by atoms with van der Waals surface area (Å²) in [5.41, 5.74) is 0.562. The highest BCUT2D eigenvalue weighted by atomic mass is 35.5. The van der Waals surface area contributed by atoms with Crippen molar-refractivity contribution in [2.24, 2.45) is 0 Å². The van der Waals surface area contributed by atoms with Crippen molar-refractivity contribution in [3.05, 3.63) is 32.8 Å². The number of hydrogen-bond donors (Lipinski definition) is 0. The van der Waals surface area contributed by atoms with Crippen LogP contribution in [0.2, 0.25) is 15.1 Å². The molecule has 0 saturated heterocycles. The lowest BCUT2D eigenvalue weighted by atomic mass is 10.2. The van der Waals surface area contributed by atoms with Crippen molar-refractivity contribution >= 4 is 41.1 Å². The van der Waals surface area contributed by atoms with Gasteiger partial charge in [0, 0.05) is 5.56 Å². The second-order valence-corrected chi connectivity index (χ2v) is 3.33. The van der Waals surface area contributed by atoms with Crippen molar-refractivity contribution in [3.8, 4) is 11.8 Å². The largest absolute Gasteiger partial charge is 0.289 e. The molecule has 0 aliphatic heterocycles. The van der Waals surface area contributed by atoms with Crippen LogP contribution in [0.1, 0.15) is 5.56 Å². The molecular formula is C9H3Cl3O. The maximum Gasteiger partial charge on any atom is 0.193 e. The van der Waals surface area contributed by atoms with E-state index in [1.54, 1.807) is 12.1 Å². The van der Waals surface area contributed by atoms with Gasteiger partial charge in [-0.1, -0.05) is 40.7 Å². The minimum Gasteiger partial charge on any atom is -0.289 e. The van der Waals surface area contributed by atoms with E-state index in [-0.39, 0.29) is 0 Å². The zero-order valence-corrected chi connectivity index (χ0v) is 8.54. The first-order valence-electron chi connectivity index (χ1n) is 3.25. The van der Waals surface area contributed by atoms with Crippen LogP contribution < -0.4 is 0 Å². The molecule has 0 fully saturated rings. The van der Waals surface area contributed by atoms with Gasteiger partial charge in [0.15, 0.2) is 6.29 Å². The normalized spacial score (nSPS) is 8.85. The molecule has 0 saturated carbocycles. The predicted octanol–water partition coefficient (Wildman–Crippen LogP) is 3.20. The molecule has 0 atom stereocenters. The van der Waals surface area contributed by atoms with E-state index in [9.17, 15) is 4.79 Å². The van der Waals surface area contributed by atoms with Crippen LogP contribution >= 0.6 is 34.8 Å². The summed E-state index contributed by atoms with van der Waals surface area (Å²) >= 11 is 17.2. The Kier molecular flexibility index (Phi) is 3.62. The Bertz CT molecular complexity index is 378. The fraction of sp³-hybridized carbons (Fsp3) is 0. The summed E-state index contributed by atoms with van der Waals surface area (Å²) in [5, 5.41) is 0.939. The van der Waals surface area contributed by atoms with Gasteiger partial charge in [-0.05, 0) is 18.1 Å². The number of carbonyl (C=O) groups excluding carboxylic acids is 1.